The number of amides is 2. The lowest BCUT2D eigenvalue weighted by Gasteiger charge is -2.06. The van der Waals surface area contributed by atoms with Crippen molar-refractivity contribution in [1.82, 2.24) is 15.8 Å². The normalized spacial score (nSPS) is 10.5. The number of nitrogens with one attached hydrogen (secondary N) is 3. The number of carbonyl (C=O) groups excluding carboxylic acids is 2. The summed E-state index contributed by atoms with van der Waals surface area (Å²) in [5.41, 5.74) is 7.25. The SMILES string of the molecule is O=C(Cc1c[nH]c2ccccc12)NNC(=O)c1ccsc1. The average molecular weight is 299 g/mol. The highest BCUT2D eigenvalue weighted by Gasteiger charge is 2.10. The van der Waals surface area contributed by atoms with Crippen LogP contribution in [-0.4, -0.2) is 16.8 Å². The smallest absolute Gasteiger partial charge is 0.270 e. The van der Waals surface area contributed by atoms with E-state index in [0.29, 0.717) is 5.56 Å². The predicted octanol–water partition coefficient (Wildman–Crippen LogP) is 2.23. The van der Waals surface area contributed by atoms with Gasteiger partial charge in [0.1, 0.15) is 0 Å². The number of aromatic amines is 1. The molecule has 0 fully saturated rings. The van der Waals surface area contributed by atoms with Gasteiger partial charge in [-0.1, -0.05) is 18.2 Å². The molecule has 3 aromatic rings. The molecule has 21 heavy (non-hydrogen) atoms. The predicted molar refractivity (Wildman–Crippen MR) is 81.9 cm³/mol. The zero-order valence-corrected chi connectivity index (χ0v) is 11.9. The minimum absolute atomic E-state index is 0.202. The van der Waals surface area contributed by atoms with Crippen LogP contribution in [0.2, 0.25) is 0 Å². The zero-order chi connectivity index (χ0) is 14.7. The second-order valence-corrected chi connectivity index (χ2v) is 5.33. The second-order valence-electron chi connectivity index (χ2n) is 4.55. The fraction of sp³-hybridized carbons (Fsp3) is 0.0667. The second kappa shape index (κ2) is 5.80. The zero-order valence-electron chi connectivity index (χ0n) is 11.1. The lowest BCUT2D eigenvalue weighted by molar-refractivity contribution is -0.121. The highest BCUT2D eigenvalue weighted by atomic mass is 32.1. The highest BCUT2D eigenvalue weighted by Crippen LogP contribution is 2.17. The van der Waals surface area contributed by atoms with Gasteiger partial charge in [0.05, 0.1) is 12.0 Å². The Balaban J connectivity index is 1.60. The molecule has 1 aromatic carbocycles. The number of carbonyl (C=O) groups is 2. The van der Waals surface area contributed by atoms with Gasteiger partial charge in [-0.05, 0) is 23.1 Å². The summed E-state index contributed by atoms with van der Waals surface area (Å²) < 4.78 is 0. The van der Waals surface area contributed by atoms with Gasteiger partial charge in [0.2, 0.25) is 5.91 Å². The van der Waals surface area contributed by atoms with Crippen molar-refractivity contribution < 1.29 is 9.59 Å². The van der Waals surface area contributed by atoms with Crippen molar-refractivity contribution in [3.63, 3.8) is 0 Å². The maximum Gasteiger partial charge on any atom is 0.270 e. The third-order valence-electron chi connectivity index (χ3n) is 3.12. The Morgan fingerprint density at radius 1 is 1.14 bits per heavy atom. The first-order valence-corrected chi connectivity index (χ1v) is 7.34. The van der Waals surface area contributed by atoms with Crippen LogP contribution < -0.4 is 10.9 Å². The number of H-pyrrole nitrogens is 1. The molecule has 106 valence electrons. The Kier molecular flexibility index (Phi) is 3.70. The average Bonchev–Trinajstić information content (AvgIpc) is 3.15. The third-order valence-corrected chi connectivity index (χ3v) is 3.81. The molecular weight excluding hydrogens is 286 g/mol. The Labute approximate surface area is 125 Å². The van der Waals surface area contributed by atoms with Crippen molar-refractivity contribution in [1.29, 1.82) is 0 Å². The summed E-state index contributed by atoms with van der Waals surface area (Å²) in [4.78, 5) is 26.7. The standard InChI is InChI=1S/C15H13N3O2S/c19-14(17-18-15(20)10-5-6-21-9-10)7-11-8-16-13-4-2-1-3-12(11)13/h1-6,8-9,16H,7H2,(H,17,19)(H,18,20). The van der Waals surface area contributed by atoms with E-state index in [0.717, 1.165) is 16.5 Å². The van der Waals surface area contributed by atoms with E-state index < -0.39 is 0 Å². The molecule has 5 nitrogen and oxygen atoms in total. The van der Waals surface area contributed by atoms with E-state index in [4.69, 9.17) is 0 Å². The van der Waals surface area contributed by atoms with Gasteiger partial charge in [-0.15, -0.1) is 0 Å². The molecule has 0 saturated heterocycles. The molecule has 0 spiro atoms. The fourth-order valence-corrected chi connectivity index (χ4v) is 2.72. The quantitative estimate of drug-likeness (QED) is 0.649. The van der Waals surface area contributed by atoms with Crippen LogP contribution in [0.25, 0.3) is 10.9 Å². The lowest BCUT2D eigenvalue weighted by Crippen LogP contribution is -2.42. The molecule has 0 unspecified atom stereocenters. The minimum Gasteiger partial charge on any atom is -0.361 e. The molecule has 0 aliphatic heterocycles. The van der Waals surface area contributed by atoms with Crippen LogP contribution in [0.4, 0.5) is 0 Å². The molecule has 3 N–H and O–H groups in total. The molecule has 6 heteroatoms. The number of rotatable bonds is 3. The van der Waals surface area contributed by atoms with Crippen molar-refractivity contribution in [2.24, 2.45) is 0 Å². The van der Waals surface area contributed by atoms with Gasteiger partial charge in [-0.2, -0.15) is 11.3 Å². The number of benzene rings is 1. The van der Waals surface area contributed by atoms with Crippen molar-refractivity contribution in [2.75, 3.05) is 0 Å². The van der Waals surface area contributed by atoms with Gasteiger partial charge < -0.3 is 4.98 Å². The molecule has 0 saturated carbocycles. The molecule has 3 rings (SSSR count). The van der Waals surface area contributed by atoms with Crippen molar-refractivity contribution in [3.05, 3.63) is 58.4 Å². The summed E-state index contributed by atoms with van der Waals surface area (Å²) in [5.74, 6) is -0.577. The maximum absolute atomic E-state index is 11.9. The number of thiophene rings is 1. The topological polar surface area (TPSA) is 74.0 Å². The molecule has 2 aromatic heterocycles. The van der Waals surface area contributed by atoms with Crippen LogP contribution in [0.5, 0.6) is 0 Å². The molecule has 0 aliphatic rings. The number of fused-ring (bicyclic) bond motifs is 1. The Hall–Kier alpha value is -2.60. The molecule has 0 bridgehead atoms. The number of hydrazine groups is 1. The van der Waals surface area contributed by atoms with Crippen molar-refractivity contribution >= 4 is 34.1 Å². The molecule has 0 aliphatic carbocycles. The summed E-state index contributed by atoms with van der Waals surface area (Å²) in [5, 5.41) is 4.54. The summed E-state index contributed by atoms with van der Waals surface area (Å²) in [7, 11) is 0. The lowest BCUT2D eigenvalue weighted by atomic mass is 10.1. The van der Waals surface area contributed by atoms with Gasteiger partial charge >= 0.3 is 0 Å². The van der Waals surface area contributed by atoms with Crippen LogP contribution >= 0.6 is 11.3 Å². The Morgan fingerprint density at radius 3 is 2.81 bits per heavy atom. The van der Waals surface area contributed by atoms with Crippen LogP contribution in [0.1, 0.15) is 15.9 Å². The fourth-order valence-electron chi connectivity index (χ4n) is 2.09. The van der Waals surface area contributed by atoms with E-state index in [1.165, 1.54) is 11.3 Å². The van der Waals surface area contributed by atoms with Gasteiger partial charge in [-0.25, -0.2) is 0 Å². The van der Waals surface area contributed by atoms with Gasteiger partial charge in [-0.3, -0.25) is 20.4 Å². The van der Waals surface area contributed by atoms with Crippen LogP contribution in [-0.2, 0) is 11.2 Å². The minimum atomic E-state index is -0.316. The van der Waals surface area contributed by atoms with E-state index in [2.05, 4.69) is 15.8 Å². The first-order valence-electron chi connectivity index (χ1n) is 6.40. The highest BCUT2D eigenvalue weighted by molar-refractivity contribution is 7.08. The van der Waals surface area contributed by atoms with Crippen molar-refractivity contribution in [3.8, 4) is 0 Å². The maximum atomic E-state index is 11.9. The number of hydrogen-bond donors (Lipinski definition) is 3. The summed E-state index contributed by atoms with van der Waals surface area (Å²) >= 11 is 1.43. The van der Waals surface area contributed by atoms with E-state index in [1.807, 2.05) is 35.8 Å². The van der Waals surface area contributed by atoms with Gasteiger partial charge in [0, 0.05) is 22.5 Å². The van der Waals surface area contributed by atoms with E-state index in [1.54, 1.807) is 11.4 Å². The summed E-state index contributed by atoms with van der Waals surface area (Å²) in [6.45, 7) is 0. The van der Waals surface area contributed by atoms with Gasteiger partial charge in [0.15, 0.2) is 0 Å². The molecular formula is C15H13N3O2S. The van der Waals surface area contributed by atoms with Crippen LogP contribution in [0, 0.1) is 0 Å². The first kappa shape index (κ1) is 13.4. The number of para-hydroxylation sites is 1. The Bertz CT molecular complexity index is 777. The first-order chi connectivity index (χ1) is 10.2. The molecule has 0 radical (unpaired) electrons. The summed E-state index contributed by atoms with van der Waals surface area (Å²) in [6, 6.07) is 9.47. The Morgan fingerprint density at radius 2 is 2.00 bits per heavy atom. The van der Waals surface area contributed by atoms with Crippen LogP contribution in [0.3, 0.4) is 0 Å². The van der Waals surface area contributed by atoms with Gasteiger partial charge in [0.25, 0.3) is 5.91 Å². The van der Waals surface area contributed by atoms with E-state index in [9.17, 15) is 9.59 Å². The largest absolute Gasteiger partial charge is 0.361 e. The number of aromatic nitrogens is 1. The van der Waals surface area contributed by atoms with E-state index >= 15 is 0 Å². The molecule has 0 atom stereocenters. The molecule has 2 amide bonds. The summed E-state index contributed by atoms with van der Waals surface area (Å²) in [6.07, 6.45) is 2.01. The monoisotopic (exact) mass is 299 g/mol. The van der Waals surface area contributed by atoms with E-state index in [-0.39, 0.29) is 18.2 Å². The van der Waals surface area contributed by atoms with Crippen molar-refractivity contribution in [2.45, 2.75) is 6.42 Å². The third kappa shape index (κ3) is 2.95. The molecule has 2 heterocycles. The van der Waals surface area contributed by atoms with Crippen LogP contribution in [0.15, 0.2) is 47.3 Å². The number of hydrogen-bond acceptors (Lipinski definition) is 3.